The Bertz CT molecular complexity index is 1040. The van der Waals surface area contributed by atoms with E-state index in [2.05, 4.69) is 15.8 Å². The van der Waals surface area contributed by atoms with Crippen LogP contribution >= 0.6 is 11.3 Å². The van der Waals surface area contributed by atoms with Crippen molar-refractivity contribution in [1.29, 1.82) is 0 Å². The highest BCUT2D eigenvalue weighted by atomic mass is 32.1. The second-order valence-corrected chi connectivity index (χ2v) is 7.72. The Morgan fingerprint density at radius 1 is 0.938 bits per heavy atom. The molecule has 2 amide bonds. The molecule has 32 heavy (non-hydrogen) atoms. The minimum absolute atomic E-state index is 0.0370. The molecule has 0 bridgehead atoms. The number of rotatable bonds is 10. The third kappa shape index (κ3) is 7.28. The van der Waals surface area contributed by atoms with Gasteiger partial charge in [-0.15, -0.1) is 11.3 Å². The molecule has 2 aromatic carbocycles. The van der Waals surface area contributed by atoms with Crippen LogP contribution < -0.4 is 25.1 Å². The van der Waals surface area contributed by atoms with Crippen molar-refractivity contribution >= 4 is 23.2 Å². The molecule has 0 aliphatic rings. The Morgan fingerprint density at radius 3 is 2.34 bits per heavy atom. The summed E-state index contributed by atoms with van der Waals surface area (Å²) in [5.41, 5.74) is 6.46. The maximum absolute atomic E-state index is 12.1. The number of carbonyl (C=O) groups is 2. The third-order valence-electron chi connectivity index (χ3n) is 4.17. The van der Waals surface area contributed by atoms with Crippen molar-refractivity contribution in [3.63, 3.8) is 0 Å². The van der Waals surface area contributed by atoms with Gasteiger partial charge in [-0.2, -0.15) is 0 Å². The summed E-state index contributed by atoms with van der Waals surface area (Å²) in [5, 5.41) is 2.56. The maximum atomic E-state index is 12.1. The third-order valence-corrected chi connectivity index (χ3v) is 5.04. The Balaban J connectivity index is 1.38. The van der Waals surface area contributed by atoms with Gasteiger partial charge >= 0.3 is 0 Å². The fraction of sp³-hybridized carbons (Fsp3) is 0.261. The summed E-state index contributed by atoms with van der Waals surface area (Å²) in [6, 6.07) is 14.8. The van der Waals surface area contributed by atoms with Gasteiger partial charge in [-0.3, -0.25) is 20.4 Å². The van der Waals surface area contributed by atoms with E-state index in [1.165, 1.54) is 11.3 Å². The minimum Gasteiger partial charge on any atom is -0.490 e. The van der Waals surface area contributed by atoms with E-state index >= 15 is 0 Å². The summed E-state index contributed by atoms with van der Waals surface area (Å²) in [6.07, 6.45) is 0.0370. The second-order valence-electron chi connectivity index (χ2n) is 6.78. The van der Waals surface area contributed by atoms with E-state index in [1.807, 2.05) is 44.2 Å². The number of ether oxygens (including phenoxy) is 3. The van der Waals surface area contributed by atoms with Crippen LogP contribution in [-0.2, 0) is 22.6 Å². The van der Waals surface area contributed by atoms with Crippen LogP contribution in [0.3, 0.4) is 0 Å². The van der Waals surface area contributed by atoms with Crippen molar-refractivity contribution in [2.24, 2.45) is 0 Å². The van der Waals surface area contributed by atoms with Crippen molar-refractivity contribution in [1.82, 2.24) is 15.8 Å². The van der Waals surface area contributed by atoms with Crippen LogP contribution in [0.5, 0.6) is 17.2 Å². The van der Waals surface area contributed by atoms with Crippen molar-refractivity contribution in [2.75, 3.05) is 13.2 Å². The molecule has 0 atom stereocenters. The lowest BCUT2D eigenvalue weighted by Gasteiger charge is -2.11. The molecule has 9 heteroatoms. The minimum atomic E-state index is -0.491. The summed E-state index contributed by atoms with van der Waals surface area (Å²) < 4.78 is 16.6. The number of hydrogen-bond donors (Lipinski definition) is 2. The van der Waals surface area contributed by atoms with Crippen LogP contribution in [0.25, 0.3) is 0 Å². The number of benzene rings is 2. The molecule has 2 N–H and O–H groups in total. The molecule has 0 unspecified atom stereocenters. The number of nitrogens with zero attached hydrogens (tertiary/aromatic N) is 1. The monoisotopic (exact) mass is 455 g/mol. The second kappa shape index (κ2) is 11.7. The number of hydrogen-bond acceptors (Lipinski definition) is 7. The summed E-state index contributed by atoms with van der Waals surface area (Å²) >= 11 is 1.41. The molecule has 0 aliphatic carbocycles. The van der Waals surface area contributed by atoms with E-state index in [0.29, 0.717) is 30.4 Å². The largest absolute Gasteiger partial charge is 0.490 e. The van der Waals surface area contributed by atoms with Gasteiger partial charge in [0, 0.05) is 5.38 Å². The Kier molecular flexibility index (Phi) is 8.44. The SMILES string of the molecule is CCOc1ccccc1OCC(=O)NNC(=O)Cc1csc(COc2ccc(C)cc2)n1. The zero-order valence-corrected chi connectivity index (χ0v) is 18.7. The number of thiazole rings is 1. The highest BCUT2D eigenvalue weighted by Gasteiger charge is 2.11. The average Bonchev–Trinajstić information content (AvgIpc) is 3.24. The Hall–Kier alpha value is -3.59. The number of hydrazine groups is 1. The van der Waals surface area contributed by atoms with Crippen LogP contribution in [0.1, 0.15) is 23.2 Å². The van der Waals surface area contributed by atoms with Gasteiger partial charge in [0.05, 0.1) is 18.7 Å². The Labute approximate surface area is 190 Å². The van der Waals surface area contributed by atoms with Gasteiger partial charge in [0.15, 0.2) is 18.1 Å². The van der Waals surface area contributed by atoms with E-state index in [-0.39, 0.29) is 18.9 Å². The van der Waals surface area contributed by atoms with E-state index < -0.39 is 5.91 Å². The van der Waals surface area contributed by atoms with Gasteiger partial charge < -0.3 is 14.2 Å². The molecule has 168 valence electrons. The first-order valence-corrected chi connectivity index (χ1v) is 11.0. The average molecular weight is 456 g/mol. The zero-order valence-electron chi connectivity index (χ0n) is 17.9. The van der Waals surface area contributed by atoms with Gasteiger partial charge in [-0.1, -0.05) is 29.8 Å². The molecule has 0 fully saturated rings. The molecule has 0 aliphatic heterocycles. The fourth-order valence-electron chi connectivity index (χ4n) is 2.65. The quantitative estimate of drug-likeness (QED) is 0.456. The van der Waals surface area contributed by atoms with E-state index in [9.17, 15) is 9.59 Å². The lowest BCUT2D eigenvalue weighted by Crippen LogP contribution is -2.44. The van der Waals surface area contributed by atoms with Crippen LogP contribution in [0, 0.1) is 6.92 Å². The highest BCUT2D eigenvalue weighted by Crippen LogP contribution is 2.26. The molecule has 8 nitrogen and oxygen atoms in total. The lowest BCUT2D eigenvalue weighted by atomic mass is 10.2. The van der Waals surface area contributed by atoms with Crippen LogP contribution in [0.4, 0.5) is 0 Å². The van der Waals surface area contributed by atoms with Crippen LogP contribution in [0.15, 0.2) is 53.9 Å². The first-order valence-electron chi connectivity index (χ1n) is 10.1. The van der Waals surface area contributed by atoms with Gasteiger partial charge in [0.25, 0.3) is 5.91 Å². The van der Waals surface area contributed by atoms with Crippen LogP contribution in [-0.4, -0.2) is 30.0 Å². The van der Waals surface area contributed by atoms with E-state index in [4.69, 9.17) is 14.2 Å². The molecule has 1 heterocycles. The standard InChI is InChI=1S/C23H25N3O5S/c1-3-29-19-6-4-5-7-20(19)31-13-22(28)26-25-21(27)12-17-15-32-23(24-17)14-30-18-10-8-16(2)9-11-18/h4-11,15H,3,12-14H2,1-2H3,(H,25,27)(H,26,28). The number of nitrogens with one attached hydrogen (secondary N) is 2. The van der Waals surface area contributed by atoms with Crippen LogP contribution in [0.2, 0.25) is 0 Å². The van der Waals surface area contributed by atoms with Gasteiger partial charge in [-0.05, 0) is 38.1 Å². The summed E-state index contributed by atoms with van der Waals surface area (Å²) in [6.45, 7) is 4.42. The molecule has 0 spiro atoms. The number of amides is 2. The topological polar surface area (TPSA) is 98.8 Å². The smallest absolute Gasteiger partial charge is 0.276 e. The number of aromatic nitrogens is 1. The predicted molar refractivity (Wildman–Crippen MR) is 121 cm³/mol. The highest BCUT2D eigenvalue weighted by molar-refractivity contribution is 7.09. The Morgan fingerprint density at radius 2 is 1.62 bits per heavy atom. The zero-order chi connectivity index (χ0) is 22.8. The van der Waals surface area contributed by atoms with Crippen molar-refractivity contribution in [2.45, 2.75) is 26.9 Å². The number of aryl methyl sites for hydroxylation is 1. The van der Waals surface area contributed by atoms with E-state index in [1.54, 1.807) is 23.6 Å². The normalized spacial score (nSPS) is 10.3. The number of para-hydroxylation sites is 2. The van der Waals surface area contributed by atoms with E-state index in [0.717, 1.165) is 16.3 Å². The summed E-state index contributed by atoms with van der Waals surface area (Å²) in [7, 11) is 0. The first-order chi connectivity index (χ1) is 15.5. The maximum Gasteiger partial charge on any atom is 0.276 e. The summed E-state index contributed by atoms with van der Waals surface area (Å²) in [4.78, 5) is 28.5. The van der Waals surface area contributed by atoms with Gasteiger partial charge in [0.2, 0.25) is 5.91 Å². The van der Waals surface area contributed by atoms with Gasteiger partial charge in [-0.25, -0.2) is 4.98 Å². The van der Waals surface area contributed by atoms with Crippen molar-refractivity contribution in [3.05, 3.63) is 70.2 Å². The first kappa shape index (κ1) is 23.1. The summed E-state index contributed by atoms with van der Waals surface area (Å²) in [5.74, 6) is 0.898. The molecular weight excluding hydrogens is 430 g/mol. The number of carbonyl (C=O) groups excluding carboxylic acids is 2. The fourth-order valence-corrected chi connectivity index (χ4v) is 3.35. The molecule has 0 saturated carbocycles. The predicted octanol–water partition coefficient (Wildman–Crippen LogP) is 3.20. The van der Waals surface area contributed by atoms with Gasteiger partial charge in [0.1, 0.15) is 17.4 Å². The molecule has 3 aromatic rings. The molecular formula is C23H25N3O5S. The van der Waals surface area contributed by atoms with Crippen molar-refractivity contribution in [3.8, 4) is 17.2 Å². The molecule has 3 rings (SSSR count). The molecule has 0 radical (unpaired) electrons. The molecule has 1 aromatic heterocycles. The molecule has 0 saturated heterocycles. The van der Waals surface area contributed by atoms with Crippen molar-refractivity contribution < 1.29 is 23.8 Å². The lowest BCUT2D eigenvalue weighted by molar-refractivity contribution is -0.129.